The summed E-state index contributed by atoms with van der Waals surface area (Å²) in [5.41, 5.74) is 1.72. The summed E-state index contributed by atoms with van der Waals surface area (Å²) in [7, 11) is 1.29. The van der Waals surface area contributed by atoms with Crippen LogP contribution in [0.3, 0.4) is 0 Å². The van der Waals surface area contributed by atoms with E-state index < -0.39 is 18.0 Å². The molecule has 164 valence electrons. The van der Waals surface area contributed by atoms with Crippen LogP contribution in [0.1, 0.15) is 27.5 Å². The zero-order chi connectivity index (χ0) is 22.2. The number of halogens is 1. The minimum Gasteiger partial charge on any atom is -0.507 e. The number of fused-ring (bicyclic) bond motifs is 3. The lowest BCUT2D eigenvalue weighted by molar-refractivity contribution is 0.0237. The summed E-state index contributed by atoms with van der Waals surface area (Å²) >= 11 is 0. The van der Waals surface area contributed by atoms with Crippen molar-refractivity contribution < 1.29 is 28.2 Å². The second-order valence-electron chi connectivity index (χ2n) is 7.62. The first-order valence-electron chi connectivity index (χ1n) is 10.3. The molecule has 1 saturated heterocycles. The summed E-state index contributed by atoms with van der Waals surface area (Å²) in [6.45, 7) is 2.12. The number of benzene rings is 2. The zero-order valence-electron chi connectivity index (χ0n) is 17.4. The molecule has 0 amide bonds. The normalized spacial score (nSPS) is 15.8. The number of hydrogen-bond acceptors (Lipinski definition) is 7. The predicted molar refractivity (Wildman–Crippen MR) is 115 cm³/mol. The topological polar surface area (TPSA) is 85.0 Å². The van der Waals surface area contributed by atoms with Crippen LogP contribution in [0.25, 0.3) is 21.7 Å². The summed E-state index contributed by atoms with van der Waals surface area (Å²) in [5, 5.41) is 13.2. The van der Waals surface area contributed by atoms with Crippen LogP contribution in [0.4, 0.5) is 4.39 Å². The van der Waals surface area contributed by atoms with Crippen LogP contribution >= 0.6 is 0 Å². The van der Waals surface area contributed by atoms with E-state index in [0.29, 0.717) is 59.2 Å². The molecule has 1 aliphatic rings. The van der Waals surface area contributed by atoms with Crippen molar-refractivity contribution in [3.05, 3.63) is 71.5 Å². The largest absolute Gasteiger partial charge is 0.507 e. The lowest BCUT2D eigenvalue weighted by Gasteiger charge is -2.36. The second kappa shape index (κ2) is 8.22. The van der Waals surface area contributed by atoms with Gasteiger partial charge in [-0.2, -0.15) is 4.39 Å². The number of phenols is 1. The molecule has 7 nitrogen and oxygen atoms in total. The van der Waals surface area contributed by atoms with E-state index in [1.807, 2.05) is 18.2 Å². The number of esters is 1. The number of methoxy groups -OCH3 is 1. The number of pyridine rings is 1. The van der Waals surface area contributed by atoms with Crippen LogP contribution < -0.4 is 0 Å². The van der Waals surface area contributed by atoms with Gasteiger partial charge in [-0.25, -0.2) is 9.78 Å². The van der Waals surface area contributed by atoms with Gasteiger partial charge in [0.1, 0.15) is 23.2 Å². The molecular weight excluding hydrogens is 415 g/mol. The molecular formula is C24H21FN2O5. The highest BCUT2D eigenvalue weighted by atomic mass is 19.1. The number of nitrogens with zero attached hydrogens (tertiary/aromatic N) is 2. The van der Waals surface area contributed by atoms with Gasteiger partial charge in [0.25, 0.3) is 0 Å². The number of rotatable bonds is 4. The molecule has 0 saturated carbocycles. The highest BCUT2D eigenvalue weighted by Gasteiger charge is 2.33. The molecule has 0 aliphatic carbocycles. The van der Waals surface area contributed by atoms with Gasteiger partial charge in [0.15, 0.2) is 0 Å². The van der Waals surface area contributed by atoms with E-state index in [2.05, 4.69) is 9.88 Å². The number of furan rings is 1. The Kier molecular flexibility index (Phi) is 5.24. The fourth-order valence-electron chi connectivity index (χ4n) is 4.48. The monoisotopic (exact) mass is 436 g/mol. The molecule has 1 aliphatic heterocycles. The van der Waals surface area contributed by atoms with E-state index in [1.54, 1.807) is 12.1 Å². The van der Waals surface area contributed by atoms with Crippen LogP contribution in [0.15, 0.2) is 53.3 Å². The SMILES string of the molecule is COC(=O)c1coc2c1c(C(c1ccnc(F)c1)N1CCOCC1)c(O)c1ccccc12. The van der Waals surface area contributed by atoms with Crippen molar-refractivity contribution in [1.82, 2.24) is 9.88 Å². The van der Waals surface area contributed by atoms with Gasteiger partial charge < -0.3 is 19.0 Å². The van der Waals surface area contributed by atoms with Crippen molar-refractivity contribution in [3.63, 3.8) is 0 Å². The molecule has 1 fully saturated rings. The Bertz CT molecular complexity index is 1310. The first-order chi connectivity index (χ1) is 15.6. The zero-order valence-corrected chi connectivity index (χ0v) is 17.4. The molecule has 4 aromatic rings. The average Bonchev–Trinajstić information content (AvgIpc) is 3.27. The van der Waals surface area contributed by atoms with E-state index in [9.17, 15) is 14.3 Å². The standard InChI is InChI=1S/C24H21FN2O5/c1-30-24(29)17-13-32-23-16-5-3-2-4-15(16)22(28)20(19(17)23)21(27-8-10-31-11-9-27)14-6-7-26-18(25)12-14/h2-7,12-13,21,28H,8-11H2,1H3. The number of aromatic nitrogens is 1. The molecule has 0 bridgehead atoms. The maximum Gasteiger partial charge on any atom is 0.341 e. The molecule has 1 unspecified atom stereocenters. The maximum atomic E-state index is 14.2. The minimum atomic E-state index is -0.627. The molecule has 2 aromatic heterocycles. The molecule has 0 spiro atoms. The number of hydrogen-bond donors (Lipinski definition) is 1. The van der Waals surface area contributed by atoms with Crippen molar-refractivity contribution in [2.45, 2.75) is 6.04 Å². The molecule has 0 radical (unpaired) electrons. The van der Waals surface area contributed by atoms with Crippen LogP contribution in [0, 0.1) is 5.95 Å². The third-order valence-electron chi connectivity index (χ3n) is 5.90. The van der Waals surface area contributed by atoms with Crippen LogP contribution in [-0.2, 0) is 9.47 Å². The summed E-state index contributed by atoms with van der Waals surface area (Å²) in [6.07, 6.45) is 2.74. The van der Waals surface area contributed by atoms with Gasteiger partial charge in [0.05, 0.1) is 26.4 Å². The lowest BCUT2D eigenvalue weighted by atomic mass is 9.89. The number of phenolic OH excluding ortho intramolecular Hbond substituents is 1. The minimum absolute atomic E-state index is 0.00775. The number of morpholine rings is 1. The fraction of sp³-hybridized carbons (Fsp3) is 0.250. The molecule has 1 N–H and O–H groups in total. The Balaban J connectivity index is 1.88. The van der Waals surface area contributed by atoms with Gasteiger partial charge >= 0.3 is 5.97 Å². The van der Waals surface area contributed by atoms with Gasteiger partial charge in [-0.3, -0.25) is 4.90 Å². The molecule has 2 aromatic carbocycles. The molecule has 8 heteroatoms. The van der Waals surface area contributed by atoms with Gasteiger partial charge in [-0.1, -0.05) is 24.3 Å². The van der Waals surface area contributed by atoms with Gasteiger partial charge in [-0.05, 0) is 17.7 Å². The third kappa shape index (κ3) is 3.28. The maximum absolute atomic E-state index is 14.2. The summed E-state index contributed by atoms with van der Waals surface area (Å²) in [6, 6.07) is 9.75. The lowest BCUT2D eigenvalue weighted by Crippen LogP contribution is -2.39. The number of ether oxygens (including phenoxy) is 2. The van der Waals surface area contributed by atoms with Crippen LogP contribution in [-0.4, -0.2) is 54.4 Å². The summed E-state index contributed by atoms with van der Waals surface area (Å²) < 4.78 is 30.5. The van der Waals surface area contributed by atoms with Crippen molar-refractivity contribution in [2.75, 3.05) is 33.4 Å². The summed E-state index contributed by atoms with van der Waals surface area (Å²) in [5.74, 6) is -1.20. The van der Waals surface area contributed by atoms with Gasteiger partial charge in [0, 0.05) is 41.0 Å². The molecule has 1 atom stereocenters. The van der Waals surface area contributed by atoms with Gasteiger partial charge in [0.2, 0.25) is 5.95 Å². The van der Waals surface area contributed by atoms with Crippen molar-refractivity contribution in [2.24, 2.45) is 0 Å². The third-order valence-corrected chi connectivity index (χ3v) is 5.90. The van der Waals surface area contributed by atoms with Gasteiger partial charge in [-0.15, -0.1) is 0 Å². The Hall–Kier alpha value is -3.49. The molecule has 32 heavy (non-hydrogen) atoms. The van der Waals surface area contributed by atoms with E-state index in [0.717, 1.165) is 0 Å². The quantitative estimate of drug-likeness (QED) is 0.382. The number of aromatic hydroxyl groups is 1. The van der Waals surface area contributed by atoms with Crippen molar-refractivity contribution in [3.8, 4) is 5.75 Å². The second-order valence-corrected chi connectivity index (χ2v) is 7.62. The van der Waals surface area contributed by atoms with E-state index in [-0.39, 0.29) is 11.3 Å². The van der Waals surface area contributed by atoms with Crippen molar-refractivity contribution >= 4 is 27.7 Å². The first-order valence-corrected chi connectivity index (χ1v) is 10.3. The van der Waals surface area contributed by atoms with Crippen molar-refractivity contribution in [1.29, 1.82) is 0 Å². The summed E-state index contributed by atoms with van der Waals surface area (Å²) in [4.78, 5) is 18.4. The Morgan fingerprint density at radius 2 is 1.97 bits per heavy atom. The Morgan fingerprint density at radius 3 is 2.69 bits per heavy atom. The van der Waals surface area contributed by atoms with E-state index in [1.165, 1.54) is 25.6 Å². The molecule has 5 rings (SSSR count). The highest BCUT2D eigenvalue weighted by Crippen LogP contribution is 2.46. The van der Waals surface area contributed by atoms with Crippen LogP contribution in [0.5, 0.6) is 5.75 Å². The first kappa shape index (κ1) is 20.4. The highest BCUT2D eigenvalue weighted by molar-refractivity contribution is 6.16. The Morgan fingerprint density at radius 1 is 1.22 bits per heavy atom. The van der Waals surface area contributed by atoms with E-state index >= 15 is 0 Å². The Labute approximate surface area is 183 Å². The van der Waals surface area contributed by atoms with E-state index in [4.69, 9.17) is 13.9 Å². The smallest absolute Gasteiger partial charge is 0.341 e. The fourth-order valence-corrected chi connectivity index (χ4v) is 4.48. The average molecular weight is 436 g/mol. The predicted octanol–water partition coefficient (Wildman–Crippen LogP) is 4.03. The molecule has 3 heterocycles. The van der Waals surface area contributed by atoms with Crippen LogP contribution in [0.2, 0.25) is 0 Å². The number of carbonyl (C=O) groups is 1. The number of carbonyl (C=O) groups excluding carboxylic acids is 1.